The number of unbranched alkanes of at least 4 members (excludes halogenated alkanes) is 16. The van der Waals surface area contributed by atoms with Crippen LogP contribution in [0, 0.1) is 0 Å². The molecule has 0 bridgehead atoms. The quantitative estimate of drug-likeness (QED) is 0.0482. The number of hydrogen-bond donors (Lipinski definition) is 1. The molecule has 0 aliphatic heterocycles. The van der Waals surface area contributed by atoms with Crippen LogP contribution >= 0.6 is 0 Å². The van der Waals surface area contributed by atoms with Crippen molar-refractivity contribution >= 4 is 5.97 Å². The van der Waals surface area contributed by atoms with E-state index in [-0.39, 0.29) is 12.6 Å². The second-order valence-electron chi connectivity index (χ2n) is 11.6. The van der Waals surface area contributed by atoms with Gasteiger partial charge in [0.1, 0.15) is 6.10 Å². The molecular formula is C38H68O4. The van der Waals surface area contributed by atoms with Crippen LogP contribution < -0.4 is 0 Å². The summed E-state index contributed by atoms with van der Waals surface area (Å²) in [5.41, 5.74) is 0. The van der Waals surface area contributed by atoms with Crippen LogP contribution in [0.15, 0.2) is 48.6 Å². The highest BCUT2D eigenvalue weighted by molar-refractivity contribution is 5.69. The minimum atomic E-state index is -0.530. The summed E-state index contributed by atoms with van der Waals surface area (Å²) in [6.07, 6.45) is 44.6. The van der Waals surface area contributed by atoms with Gasteiger partial charge in [0.25, 0.3) is 0 Å². The van der Waals surface area contributed by atoms with Gasteiger partial charge in [0, 0.05) is 13.0 Å². The fourth-order valence-corrected chi connectivity index (χ4v) is 4.79. The maximum atomic E-state index is 12.0. The first-order chi connectivity index (χ1) is 20.7. The summed E-state index contributed by atoms with van der Waals surface area (Å²) in [7, 11) is 0. The summed E-state index contributed by atoms with van der Waals surface area (Å²) in [4.78, 5) is 12.0. The van der Waals surface area contributed by atoms with E-state index in [2.05, 4.69) is 62.5 Å². The number of aliphatic hydroxyl groups is 1. The molecular weight excluding hydrogens is 520 g/mol. The fraction of sp³-hybridized carbons (Fsp3) is 0.763. The fourth-order valence-electron chi connectivity index (χ4n) is 4.79. The summed E-state index contributed by atoms with van der Waals surface area (Å²) in [5, 5.41) is 9.47. The minimum absolute atomic E-state index is 0.173. The van der Waals surface area contributed by atoms with Gasteiger partial charge in [0.05, 0.1) is 13.2 Å². The van der Waals surface area contributed by atoms with E-state index in [1.807, 2.05) is 0 Å². The Balaban J connectivity index is 3.39. The molecule has 0 radical (unpaired) electrons. The van der Waals surface area contributed by atoms with E-state index in [1.165, 1.54) is 96.3 Å². The van der Waals surface area contributed by atoms with E-state index in [0.29, 0.717) is 19.6 Å². The van der Waals surface area contributed by atoms with Crippen LogP contribution in [-0.4, -0.2) is 37.0 Å². The van der Waals surface area contributed by atoms with Crippen molar-refractivity contribution < 1.29 is 19.4 Å². The molecule has 1 atom stereocenters. The van der Waals surface area contributed by atoms with Gasteiger partial charge in [-0.2, -0.15) is 0 Å². The lowest BCUT2D eigenvalue weighted by Gasteiger charge is -2.15. The van der Waals surface area contributed by atoms with Gasteiger partial charge in [-0.25, -0.2) is 0 Å². The van der Waals surface area contributed by atoms with Crippen molar-refractivity contribution in [3.8, 4) is 0 Å². The molecule has 0 aliphatic carbocycles. The zero-order chi connectivity index (χ0) is 30.6. The second kappa shape index (κ2) is 35.5. The predicted molar refractivity (Wildman–Crippen MR) is 182 cm³/mol. The zero-order valence-corrected chi connectivity index (χ0v) is 27.8. The third kappa shape index (κ3) is 32.9. The van der Waals surface area contributed by atoms with E-state index >= 15 is 0 Å². The van der Waals surface area contributed by atoms with Crippen LogP contribution in [0.4, 0.5) is 0 Å². The standard InChI is InChI=1S/C38H68O4/c1-3-5-7-9-11-12-13-14-15-16-17-18-19-20-21-22-23-24-25-26-27-28-30-32-34-41-36-37(35-39)42-38(40)33-31-29-10-8-6-4-2/h5,7,11-12,14-15,17-18,37,39H,3-4,6,8-10,13,16,19-36H2,1-2H3/b7-5-,12-11-,15-14-,18-17-. The Hall–Kier alpha value is -1.65. The molecule has 0 saturated heterocycles. The number of rotatable bonds is 32. The Bertz CT molecular complexity index is 664. The highest BCUT2D eigenvalue weighted by Gasteiger charge is 2.13. The van der Waals surface area contributed by atoms with Gasteiger partial charge in [0.2, 0.25) is 0 Å². The summed E-state index contributed by atoms with van der Waals surface area (Å²) < 4.78 is 11.0. The molecule has 0 spiro atoms. The number of hydrogen-bond acceptors (Lipinski definition) is 4. The van der Waals surface area contributed by atoms with Crippen molar-refractivity contribution in [1.29, 1.82) is 0 Å². The maximum Gasteiger partial charge on any atom is 0.306 e. The van der Waals surface area contributed by atoms with Crippen molar-refractivity contribution in [1.82, 2.24) is 0 Å². The third-order valence-corrected chi connectivity index (χ3v) is 7.42. The number of carbonyl (C=O) groups excluding carboxylic acids is 1. The average Bonchev–Trinajstić information content (AvgIpc) is 3.00. The largest absolute Gasteiger partial charge is 0.457 e. The molecule has 1 unspecified atom stereocenters. The number of carbonyl (C=O) groups is 1. The van der Waals surface area contributed by atoms with Gasteiger partial charge < -0.3 is 14.6 Å². The molecule has 1 N–H and O–H groups in total. The van der Waals surface area contributed by atoms with E-state index in [1.54, 1.807) is 0 Å². The Labute approximate surface area is 261 Å². The highest BCUT2D eigenvalue weighted by Crippen LogP contribution is 2.13. The molecule has 4 heteroatoms. The van der Waals surface area contributed by atoms with Crippen LogP contribution in [0.25, 0.3) is 0 Å². The zero-order valence-electron chi connectivity index (χ0n) is 27.8. The predicted octanol–water partition coefficient (Wildman–Crippen LogP) is 11.1. The number of ether oxygens (including phenoxy) is 2. The molecule has 244 valence electrons. The molecule has 0 aromatic rings. The van der Waals surface area contributed by atoms with Crippen LogP contribution in [-0.2, 0) is 14.3 Å². The molecule has 0 amide bonds. The van der Waals surface area contributed by atoms with Gasteiger partial charge >= 0.3 is 5.97 Å². The van der Waals surface area contributed by atoms with E-state index < -0.39 is 6.10 Å². The first kappa shape index (κ1) is 40.4. The van der Waals surface area contributed by atoms with Crippen LogP contribution in [0.3, 0.4) is 0 Å². The molecule has 0 aromatic heterocycles. The first-order valence-electron chi connectivity index (χ1n) is 17.7. The number of esters is 1. The molecule has 0 saturated carbocycles. The Kier molecular flexibility index (Phi) is 34.1. The molecule has 0 rings (SSSR count). The minimum Gasteiger partial charge on any atom is -0.457 e. The van der Waals surface area contributed by atoms with Crippen molar-refractivity contribution in [2.24, 2.45) is 0 Å². The van der Waals surface area contributed by atoms with Crippen molar-refractivity contribution in [3.63, 3.8) is 0 Å². The lowest BCUT2D eigenvalue weighted by Crippen LogP contribution is -2.27. The number of aliphatic hydroxyl groups excluding tert-OH is 1. The molecule has 0 fully saturated rings. The molecule has 0 aromatic carbocycles. The summed E-state index contributed by atoms with van der Waals surface area (Å²) in [5.74, 6) is -0.213. The van der Waals surface area contributed by atoms with Gasteiger partial charge in [0.15, 0.2) is 0 Å². The van der Waals surface area contributed by atoms with Crippen LogP contribution in [0.2, 0.25) is 0 Å². The SMILES string of the molecule is CC/C=C\C/C=C\C/C=C\C/C=C\CCCCCCCCCCCCCOCC(CO)OC(=O)CCCCCCCC. The molecule has 0 heterocycles. The second-order valence-corrected chi connectivity index (χ2v) is 11.6. The highest BCUT2D eigenvalue weighted by atomic mass is 16.6. The average molecular weight is 589 g/mol. The molecule has 4 nitrogen and oxygen atoms in total. The smallest absolute Gasteiger partial charge is 0.306 e. The lowest BCUT2D eigenvalue weighted by atomic mass is 10.1. The number of allylic oxidation sites excluding steroid dienone is 8. The van der Waals surface area contributed by atoms with Gasteiger partial charge in [-0.15, -0.1) is 0 Å². The van der Waals surface area contributed by atoms with Gasteiger partial charge in [-0.1, -0.05) is 152 Å². The topological polar surface area (TPSA) is 55.8 Å². The lowest BCUT2D eigenvalue weighted by molar-refractivity contribution is -0.154. The van der Waals surface area contributed by atoms with Crippen molar-refractivity contribution in [2.75, 3.05) is 19.8 Å². The summed E-state index contributed by atoms with van der Waals surface area (Å²) in [6, 6.07) is 0. The third-order valence-electron chi connectivity index (χ3n) is 7.42. The van der Waals surface area contributed by atoms with Crippen molar-refractivity contribution in [2.45, 2.75) is 168 Å². The first-order valence-corrected chi connectivity index (χ1v) is 17.7. The van der Waals surface area contributed by atoms with Crippen LogP contribution in [0.5, 0.6) is 0 Å². The monoisotopic (exact) mass is 589 g/mol. The van der Waals surface area contributed by atoms with Crippen LogP contribution in [0.1, 0.15) is 162 Å². The van der Waals surface area contributed by atoms with Gasteiger partial charge in [-0.3, -0.25) is 4.79 Å². The molecule has 42 heavy (non-hydrogen) atoms. The summed E-state index contributed by atoms with van der Waals surface area (Å²) >= 11 is 0. The van der Waals surface area contributed by atoms with Gasteiger partial charge in [-0.05, 0) is 51.4 Å². The van der Waals surface area contributed by atoms with E-state index in [0.717, 1.165) is 44.9 Å². The van der Waals surface area contributed by atoms with E-state index in [9.17, 15) is 9.90 Å². The van der Waals surface area contributed by atoms with Crippen molar-refractivity contribution in [3.05, 3.63) is 48.6 Å². The Morgan fingerprint density at radius 1 is 0.595 bits per heavy atom. The van der Waals surface area contributed by atoms with E-state index in [4.69, 9.17) is 9.47 Å². The Morgan fingerprint density at radius 3 is 1.62 bits per heavy atom. The maximum absolute atomic E-state index is 12.0. The molecule has 0 aliphatic rings. The normalized spacial score (nSPS) is 12.9. The summed E-state index contributed by atoms with van der Waals surface area (Å²) in [6.45, 7) is 5.16. The Morgan fingerprint density at radius 2 is 1.07 bits per heavy atom.